The maximum absolute atomic E-state index is 12.7. The van der Waals surface area contributed by atoms with Gasteiger partial charge in [0.15, 0.2) is 5.17 Å². The van der Waals surface area contributed by atoms with E-state index >= 15 is 0 Å². The number of carboxylic acid groups (broad SMARTS) is 1. The Morgan fingerprint density at radius 1 is 1.24 bits per heavy atom. The van der Waals surface area contributed by atoms with Gasteiger partial charge in [-0.05, 0) is 30.3 Å². The molecule has 2 aromatic carbocycles. The van der Waals surface area contributed by atoms with E-state index in [4.69, 9.17) is 9.84 Å². The van der Waals surface area contributed by atoms with Gasteiger partial charge in [-0.2, -0.15) is 0 Å². The normalized spacial score (nSPS) is 17.9. The SMILES string of the molecule is COc1ccccc1N=C1S[C@H](C(=O)Nc2cccc(C(=O)O)c2)CC(=O)N1C. The molecule has 1 atom stereocenters. The zero-order valence-electron chi connectivity index (χ0n) is 15.8. The lowest BCUT2D eigenvalue weighted by molar-refractivity contribution is -0.128. The molecule has 150 valence electrons. The van der Waals surface area contributed by atoms with Crippen molar-refractivity contribution in [2.45, 2.75) is 11.7 Å². The molecule has 0 bridgehead atoms. The van der Waals surface area contributed by atoms with Crippen molar-refractivity contribution in [2.24, 2.45) is 4.99 Å². The van der Waals surface area contributed by atoms with Crippen LogP contribution in [0.5, 0.6) is 5.75 Å². The lowest BCUT2D eigenvalue weighted by Crippen LogP contribution is -2.43. The highest BCUT2D eigenvalue weighted by molar-refractivity contribution is 8.15. The smallest absolute Gasteiger partial charge is 0.335 e. The number of carboxylic acids is 1. The Balaban J connectivity index is 1.81. The van der Waals surface area contributed by atoms with E-state index in [0.717, 1.165) is 0 Å². The second kappa shape index (κ2) is 8.78. The molecule has 1 aliphatic rings. The van der Waals surface area contributed by atoms with Crippen molar-refractivity contribution in [1.82, 2.24) is 4.90 Å². The number of methoxy groups -OCH3 is 1. The molecule has 2 aromatic rings. The van der Waals surface area contributed by atoms with Crippen molar-refractivity contribution >= 4 is 46.1 Å². The third-order valence-corrected chi connectivity index (χ3v) is 5.48. The highest BCUT2D eigenvalue weighted by atomic mass is 32.2. The summed E-state index contributed by atoms with van der Waals surface area (Å²) in [7, 11) is 3.14. The molecule has 0 spiro atoms. The van der Waals surface area contributed by atoms with E-state index in [0.29, 0.717) is 22.3 Å². The average Bonchev–Trinajstić information content (AvgIpc) is 2.71. The Morgan fingerprint density at radius 2 is 2.00 bits per heavy atom. The highest BCUT2D eigenvalue weighted by Crippen LogP contribution is 2.32. The number of amides is 2. The van der Waals surface area contributed by atoms with Gasteiger partial charge in [-0.1, -0.05) is 30.0 Å². The van der Waals surface area contributed by atoms with Gasteiger partial charge in [0.1, 0.15) is 16.7 Å². The summed E-state index contributed by atoms with van der Waals surface area (Å²) in [4.78, 5) is 42.1. The van der Waals surface area contributed by atoms with Crippen LogP contribution in [0.3, 0.4) is 0 Å². The Hall–Kier alpha value is -3.33. The topological polar surface area (TPSA) is 108 Å². The van der Waals surface area contributed by atoms with E-state index in [1.165, 1.54) is 35.9 Å². The quantitative estimate of drug-likeness (QED) is 0.780. The molecular weight excluding hydrogens is 394 g/mol. The fourth-order valence-electron chi connectivity index (χ4n) is 2.68. The van der Waals surface area contributed by atoms with Crippen LogP contribution in [0.4, 0.5) is 11.4 Å². The lowest BCUT2D eigenvalue weighted by Gasteiger charge is -2.29. The summed E-state index contributed by atoms with van der Waals surface area (Å²) in [5.41, 5.74) is 0.964. The number of ether oxygens (including phenoxy) is 1. The van der Waals surface area contributed by atoms with Crippen LogP contribution in [0, 0.1) is 0 Å². The van der Waals surface area contributed by atoms with Gasteiger partial charge in [-0.3, -0.25) is 14.5 Å². The summed E-state index contributed by atoms with van der Waals surface area (Å²) in [5, 5.41) is 11.4. The zero-order valence-corrected chi connectivity index (χ0v) is 16.6. The number of anilines is 1. The maximum Gasteiger partial charge on any atom is 0.335 e. The van der Waals surface area contributed by atoms with Crippen molar-refractivity contribution in [1.29, 1.82) is 0 Å². The summed E-state index contributed by atoms with van der Waals surface area (Å²) in [6, 6.07) is 13.1. The Morgan fingerprint density at radius 3 is 2.72 bits per heavy atom. The van der Waals surface area contributed by atoms with Gasteiger partial charge in [0.2, 0.25) is 11.8 Å². The fourth-order valence-corrected chi connectivity index (χ4v) is 3.73. The van der Waals surface area contributed by atoms with E-state index in [2.05, 4.69) is 10.3 Å². The molecule has 0 aromatic heterocycles. The van der Waals surface area contributed by atoms with Crippen LogP contribution in [-0.2, 0) is 9.59 Å². The van der Waals surface area contributed by atoms with E-state index in [-0.39, 0.29) is 17.9 Å². The molecule has 0 unspecified atom stereocenters. The second-order valence-electron chi connectivity index (χ2n) is 6.20. The first-order chi connectivity index (χ1) is 13.9. The number of hydrogen-bond donors (Lipinski definition) is 2. The predicted octanol–water partition coefficient (Wildman–Crippen LogP) is 2.98. The molecule has 0 aliphatic carbocycles. The molecule has 2 N–H and O–H groups in total. The largest absolute Gasteiger partial charge is 0.494 e. The zero-order chi connectivity index (χ0) is 21.0. The molecule has 3 rings (SSSR count). The van der Waals surface area contributed by atoms with Gasteiger partial charge in [0.05, 0.1) is 12.7 Å². The number of carbonyl (C=O) groups is 3. The summed E-state index contributed by atoms with van der Waals surface area (Å²) in [6.45, 7) is 0. The van der Waals surface area contributed by atoms with Crippen LogP contribution in [0.25, 0.3) is 0 Å². The fraction of sp³-hybridized carbons (Fsp3) is 0.200. The van der Waals surface area contributed by atoms with Crippen LogP contribution >= 0.6 is 11.8 Å². The Kier molecular flexibility index (Phi) is 6.18. The van der Waals surface area contributed by atoms with Crippen molar-refractivity contribution in [3.8, 4) is 5.75 Å². The number of nitrogens with one attached hydrogen (secondary N) is 1. The summed E-state index contributed by atoms with van der Waals surface area (Å²) in [6.07, 6.45) is 0.0105. The molecule has 1 fully saturated rings. The second-order valence-corrected chi connectivity index (χ2v) is 7.37. The number of amidine groups is 1. The van der Waals surface area contributed by atoms with Crippen LogP contribution < -0.4 is 10.1 Å². The lowest BCUT2D eigenvalue weighted by atomic mass is 10.2. The number of rotatable bonds is 5. The van der Waals surface area contributed by atoms with Crippen molar-refractivity contribution in [3.05, 3.63) is 54.1 Å². The minimum Gasteiger partial charge on any atom is -0.494 e. The molecule has 0 radical (unpaired) electrons. The maximum atomic E-state index is 12.7. The average molecular weight is 413 g/mol. The number of aromatic carboxylic acids is 1. The van der Waals surface area contributed by atoms with Gasteiger partial charge in [0, 0.05) is 19.2 Å². The molecule has 2 amide bonds. The Bertz CT molecular complexity index is 992. The van der Waals surface area contributed by atoms with Crippen molar-refractivity contribution in [3.63, 3.8) is 0 Å². The first-order valence-electron chi connectivity index (χ1n) is 8.68. The summed E-state index contributed by atoms with van der Waals surface area (Å²) >= 11 is 1.17. The van der Waals surface area contributed by atoms with E-state index in [9.17, 15) is 14.4 Å². The van der Waals surface area contributed by atoms with Gasteiger partial charge in [-0.15, -0.1) is 0 Å². The third kappa shape index (κ3) is 4.75. The van der Waals surface area contributed by atoms with E-state index < -0.39 is 17.1 Å². The molecule has 8 nitrogen and oxygen atoms in total. The molecule has 1 saturated heterocycles. The molecule has 1 aliphatic heterocycles. The number of hydrogen-bond acceptors (Lipinski definition) is 6. The van der Waals surface area contributed by atoms with E-state index in [1.54, 1.807) is 37.4 Å². The minimum absolute atomic E-state index is 0.0105. The molecule has 1 heterocycles. The minimum atomic E-state index is -1.09. The highest BCUT2D eigenvalue weighted by Gasteiger charge is 2.34. The van der Waals surface area contributed by atoms with Crippen molar-refractivity contribution < 1.29 is 24.2 Å². The number of benzene rings is 2. The van der Waals surface area contributed by atoms with E-state index in [1.807, 2.05) is 6.07 Å². The first-order valence-corrected chi connectivity index (χ1v) is 9.56. The third-order valence-electron chi connectivity index (χ3n) is 4.24. The van der Waals surface area contributed by atoms with Gasteiger partial charge in [-0.25, -0.2) is 9.79 Å². The first kappa shape index (κ1) is 20.4. The standard InChI is InChI=1S/C20H19N3O5S/c1-23-17(24)11-16(18(25)21-13-7-5-6-12(10-13)19(26)27)29-20(23)22-14-8-3-4-9-15(14)28-2/h3-10,16H,11H2,1-2H3,(H,21,25)(H,26,27)/t16-/m0/s1. The number of para-hydroxylation sites is 2. The van der Waals surface area contributed by atoms with Crippen molar-refractivity contribution in [2.75, 3.05) is 19.5 Å². The van der Waals surface area contributed by atoms with Crippen LogP contribution in [-0.4, -0.2) is 52.4 Å². The van der Waals surface area contributed by atoms with Gasteiger partial charge < -0.3 is 15.2 Å². The van der Waals surface area contributed by atoms with Crippen LogP contribution in [0.1, 0.15) is 16.8 Å². The van der Waals surface area contributed by atoms with Gasteiger partial charge in [0.25, 0.3) is 0 Å². The number of thioether (sulfide) groups is 1. The monoisotopic (exact) mass is 413 g/mol. The molecule has 29 heavy (non-hydrogen) atoms. The molecule has 0 saturated carbocycles. The molecular formula is C20H19N3O5S. The number of carbonyl (C=O) groups excluding carboxylic acids is 2. The van der Waals surface area contributed by atoms with Crippen LogP contribution in [0.2, 0.25) is 0 Å². The number of aliphatic imine (C=N–C) groups is 1. The summed E-state index contributed by atoms with van der Waals surface area (Å²) in [5.74, 6) is -1.17. The predicted molar refractivity (Wildman–Crippen MR) is 111 cm³/mol. The number of nitrogens with zero attached hydrogens (tertiary/aromatic N) is 2. The molecule has 9 heteroatoms. The van der Waals surface area contributed by atoms with Gasteiger partial charge >= 0.3 is 5.97 Å². The van der Waals surface area contributed by atoms with Crippen LogP contribution in [0.15, 0.2) is 53.5 Å². The summed E-state index contributed by atoms with van der Waals surface area (Å²) < 4.78 is 5.29. The Labute approximate surface area is 171 Å².